The van der Waals surface area contributed by atoms with Gasteiger partial charge < -0.3 is 5.32 Å². The van der Waals surface area contributed by atoms with E-state index in [1.807, 2.05) is 11.7 Å². The number of piperazine rings is 1. The van der Waals surface area contributed by atoms with E-state index < -0.39 is 0 Å². The Hall–Kier alpha value is -0.870. The van der Waals surface area contributed by atoms with Gasteiger partial charge in [0.25, 0.3) is 0 Å². The Bertz CT molecular complexity index is 459. The molecule has 1 saturated carbocycles. The number of hydrogen-bond acceptors (Lipinski definition) is 3. The minimum atomic E-state index is 0.373. The summed E-state index contributed by atoms with van der Waals surface area (Å²) in [7, 11) is 2.00. The van der Waals surface area contributed by atoms with Crippen molar-refractivity contribution in [3.63, 3.8) is 0 Å². The number of aryl methyl sites for hydroxylation is 1. The molecule has 1 spiro atoms. The average molecular weight is 290 g/mol. The topological polar surface area (TPSA) is 33.1 Å². The van der Waals surface area contributed by atoms with Crippen LogP contribution in [0.3, 0.4) is 0 Å². The summed E-state index contributed by atoms with van der Waals surface area (Å²) in [5.41, 5.74) is 1.58. The molecule has 1 aromatic rings. The van der Waals surface area contributed by atoms with E-state index in [1.54, 1.807) is 0 Å². The second-order valence-electron chi connectivity index (χ2n) is 7.42. The van der Waals surface area contributed by atoms with Gasteiger partial charge in [0.1, 0.15) is 0 Å². The predicted molar refractivity (Wildman–Crippen MR) is 86.1 cm³/mol. The van der Waals surface area contributed by atoms with Crippen LogP contribution in [-0.2, 0) is 13.6 Å². The van der Waals surface area contributed by atoms with Crippen LogP contribution in [0.15, 0.2) is 12.3 Å². The van der Waals surface area contributed by atoms with Gasteiger partial charge in [-0.1, -0.05) is 33.1 Å². The van der Waals surface area contributed by atoms with Gasteiger partial charge in [-0.3, -0.25) is 9.58 Å². The maximum absolute atomic E-state index is 4.59. The van der Waals surface area contributed by atoms with Gasteiger partial charge in [-0.05, 0) is 24.8 Å². The van der Waals surface area contributed by atoms with Gasteiger partial charge in [0, 0.05) is 44.5 Å². The molecule has 2 aliphatic rings. The quantitative estimate of drug-likeness (QED) is 0.929. The summed E-state index contributed by atoms with van der Waals surface area (Å²) in [6, 6.07) is 2.78. The molecule has 0 radical (unpaired) electrons. The van der Waals surface area contributed by atoms with Crippen molar-refractivity contribution in [3.05, 3.63) is 18.0 Å². The summed E-state index contributed by atoms with van der Waals surface area (Å²) < 4.78 is 1.91. The van der Waals surface area contributed by atoms with Crippen LogP contribution >= 0.6 is 0 Å². The third-order valence-corrected chi connectivity index (χ3v) is 5.38. The zero-order valence-electron chi connectivity index (χ0n) is 13.8. The summed E-state index contributed by atoms with van der Waals surface area (Å²) >= 11 is 0. The molecule has 1 unspecified atom stereocenters. The zero-order chi connectivity index (χ0) is 14.9. The second-order valence-corrected chi connectivity index (χ2v) is 7.42. The van der Waals surface area contributed by atoms with Crippen molar-refractivity contribution in [1.29, 1.82) is 0 Å². The lowest BCUT2D eigenvalue weighted by atomic mass is 9.78. The van der Waals surface area contributed by atoms with Crippen molar-refractivity contribution >= 4 is 0 Å². The second kappa shape index (κ2) is 6.09. The number of rotatable bonds is 3. The van der Waals surface area contributed by atoms with Gasteiger partial charge in [-0.15, -0.1) is 0 Å². The van der Waals surface area contributed by atoms with Crippen molar-refractivity contribution in [3.8, 4) is 0 Å². The Kier molecular flexibility index (Phi) is 4.36. The number of hydrogen-bond donors (Lipinski definition) is 1. The minimum absolute atomic E-state index is 0.373. The Morgan fingerprint density at radius 2 is 2.10 bits per heavy atom. The molecule has 0 amide bonds. The van der Waals surface area contributed by atoms with Gasteiger partial charge in [0.15, 0.2) is 0 Å². The van der Waals surface area contributed by atoms with Crippen molar-refractivity contribution in [2.24, 2.45) is 13.0 Å². The monoisotopic (exact) mass is 290 g/mol. The third kappa shape index (κ3) is 3.32. The van der Waals surface area contributed by atoms with Gasteiger partial charge in [0.05, 0.1) is 5.69 Å². The van der Waals surface area contributed by atoms with Gasteiger partial charge in [-0.25, -0.2) is 0 Å². The lowest BCUT2D eigenvalue weighted by Crippen LogP contribution is -2.65. The first-order chi connectivity index (χ1) is 10.1. The van der Waals surface area contributed by atoms with Crippen LogP contribution in [0.1, 0.15) is 51.6 Å². The largest absolute Gasteiger partial charge is 0.308 e. The van der Waals surface area contributed by atoms with Crippen molar-refractivity contribution in [2.75, 3.05) is 13.1 Å². The van der Waals surface area contributed by atoms with Crippen molar-refractivity contribution in [2.45, 2.75) is 64.1 Å². The van der Waals surface area contributed by atoms with E-state index in [0.29, 0.717) is 17.5 Å². The normalized spacial score (nSPS) is 26.6. The highest BCUT2D eigenvalue weighted by molar-refractivity contribution is 5.04. The molecule has 1 saturated heterocycles. The molecule has 1 N–H and O–H groups in total. The molecule has 1 atom stereocenters. The molecule has 1 aromatic heterocycles. The molecule has 118 valence electrons. The molecule has 4 heteroatoms. The fourth-order valence-corrected chi connectivity index (χ4v) is 4.16. The number of nitrogens with zero attached hydrogens (tertiary/aromatic N) is 3. The SMILES string of the molecule is CC(C)C1CNC2(CCCCC2)CN1Cc1ccn(C)n1. The highest BCUT2D eigenvalue weighted by Crippen LogP contribution is 2.33. The molecule has 1 aliphatic heterocycles. The van der Waals surface area contributed by atoms with Crippen LogP contribution in [0.2, 0.25) is 0 Å². The van der Waals surface area contributed by atoms with E-state index in [4.69, 9.17) is 0 Å². The maximum atomic E-state index is 4.59. The number of aromatic nitrogens is 2. The van der Waals surface area contributed by atoms with Crippen LogP contribution in [0.4, 0.5) is 0 Å². The van der Waals surface area contributed by atoms with Gasteiger partial charge in [-0.2, -0.15) is 5.10 Å². The first kappa shape index (κ1) is 15.0. The summed E-state index contributed by atoms with van der Waals surface area (Å²) in [6.45, 7) is 8.00. The van der Waals surface area contributed by atoms with Crippen molar-refractivity contribution < 1.29 is 0 Å². The highest BCUT2D eigenvalue weighted by atomic mass is 15.3. The van der Waals surface area contributed by atoms with Gasteiger partial charge in [0.2, 0.25) is 0 Å². The standard InChI is InChI=1S/C17H30N4/c1-14(2)16-11-18-17(8-5-4-6-9-17)13-21(16)12-15-7-10-20(3)19-15/h7,10,14,16,18H,4-6,8-9,11-13H2,1-3H3. The Morgan fingerprint density at radius 1 is 1.33 bits per heavy atom. The molecule has 2 heterocycles. The smallest absolute Gasteiger partial charge is 0.0764 e. The summed E-state index contributed by atoms with van der Waals surface area (Å²) in [6.07, 6.45) is 8.93. The predicted octanol–water partition coefficient (Wildman–Crippen LogP) is 2.55. The molecule has 1 aliphatic carbocycles. The molecule has 21 heavy (non-hydrogen) atoms. The van der Waals surface area contributed by atoms with Crippen LogP contribution in [0.25, 0.3) is 0 Å². The Morgan fingerprint density at radius 3 is 2.71 bits per heavy atom. The summed E-state index contributed by atoms with van der Waals surface area (Å²) in [4.78, 5) is 2.69. The lowest BCUT2D eigenvalue weighted by Gasteiger charge is -2.50. The first-order valence-electron chi connectivity index (χ1n) is 8.56. The van der Waals surface area contributed by atoms with E-state index in [-0.39, 0.29) is 0 Å². The fourth-order valence-electron chi connectivity index (χ4n) is 4.16. The fraction of sp³-hybridized carbons (Fsp3) is 0.824. The highest BCUT2D eigenvalue weighted by Gasteiger charge is 2.40. The van der Waals surface area contributed by atoms with Crippen LogP contribution < -0.4 is 5.32 Å². The zero-order valence-corrected chi connectivity index (χ0v) is 13.8. The number of nitrogens with one attached hydrogen (secondary N) is 1. The first-order valence-corrected chi connectivity index (χ1v) is 8.56. The maximum Gasteiger partial charge on any atom is 0.0764 e. The third-order valence-electron chi connectivity index (χ3n) is 5.38. The van der Waals surface area contributed by atoms with Crippen LogP contribution in [0.5, 0.6) is 0 Å². The Balaban J connectivity index is 1.74. The average Bonchev–Trinajstić information content (AvgIpc) is 2.85. The van der Waals surface area contributed by atoms with E-state index in [2.05, 4.69) is 41.4 Å². The van der Waals surface area contributed by atoms with E-state index in [1.165, 1.54) is 44.3 Å². The van der Waals surface area contributed by atoms with E-state index >= 15 is 0 Å². The molecule has 0 bridgehead atoms. The minimum Gasteiger partial charge on any atom is -0.308 e. The summed E-state index contributed by atoms with van der Waals surface area (Å²) in [5.74, 6) is 0.683. The lowest BCUT2D eigenvalue weighted by molar-refractivity contribution is 0.0300. The molecule has 4 nitrogen and oxygen atoms in total. The summed E-state index contributed by atoms with van der Waals surface area (Å²) in [5, 5.41) is 8.51. The molecular weight excluding hydrogens is 260 g/mol. The van der Waals surface area contributed by atoms with E-state index in [9.17, 15) is 0 Å². The van der Waals surface area contributed by atoms with Crippen LogP contribution in [-0.4, -0.2) is 39.4 Å². The molecular formula is C17H30N4. The molecule has 0 aromatic carbocycles. The molecule has 3 rings (SSSR count). The van der Waals surface area contributed by atoms with E-state index in [0.717, 1.165) is 13.1 Å². The van der Waals surface area contributed by atoms with Gasteiger partial charge >= 0.3 is 0 Å². The Labute approximate surface area is 128 Å². The van der Waals surface area contributed by atoms with Crippen molar-refractivity contribution in [1.82, 2.24) is 20.0 Å². The van der Waals surface area contributed by atoms with Crippen LogP contribution in [0, 0.1) is 5.92 Å². The molecule has 2 fully saturated rings.